The summed E-state index contributed by atoms with van der Waals surface area (Å²) in [5, 5.41) is 4.46. The first kappa shape index (κ1) is 23.4. The van der Waals surface area contributed by atoms with Crippen LogP contribution in [-0.4, -0.2) is 42.1 Å². The lowest BCUT2D eigenvalue weighted by atomic mass is 9.87. The topological polar surface area (TPSA) is 84.7 Å². The normalized spacial score (nSPS) is 16.8. The minimum Gasteiger partial charge on any atom is -0.465 e. The summed E-state index contributed by atoms with van der Waals surface area (Å²) in [6.07, 6.45) is 8.60. The van der Waals surface area contributed by atoms with E-state index in [0.717, 1.165) is 18.4 Å². The van der Waals surface area contributed by atoms with E-state index < -0.39 is 12.1 Å². The van der Waals surface area contributed by atoms with Gasteiger partial charge in [-0.15, -0.1) is 0 Å². The van der Waals surface area contributed by atoms with Crippen LogP contribution in [-0.2, 0) is 20.7 Å². The van der Waals surface area contributed by atoms with Crippen molar-refractivity contribution in [3.63, 3.8) is 0 Å². The number of esters is 1. The Morgan fingerprint density at radius 3 is 2.55 bits per heavy atom. The van der Waals surface area contributed by atoms with E-state index in [1.165, 1.54) is 37.1 Å². The minimum absolute atomic E-state index is 0.185. The van der Waals surface area contributed by atoms with E-state index in [0.29, 0.717) is 25.5 Å². The predicted molar refractivity (Wildman–Crippen MR) is 115 cm³/mol. The molecule has 1 fully saturated rings. The molecule has 1 saturated carbocycles. The smallest absolute Gasteiger partial charge is 0.323 e. The Morgan fingerprint density at radius 2 is 1.90 bits per heavy atom. The second-order valence-corrected chi connectivity index (χ2v) is 8.04. The van der Waals surface area contributed by atoms with Crippen molar-refractivity contribution in [3.8, 4) is 0 Å². The molecule has 1 amide bonds. The molecule has 29 heavy (non-hydrogen) atoms. The number of carbonyl (C=O) groups is 2. The van der Waals surface area contributed by atoms with Gasteiger partial charge >= 0.3 is 5.97 Å². The molecule has 2 atom stereocenters. The fraction of sp³-hybridized carbons (Fsp3) is 0.652. The molecule has 6 nitrogen and oxygen atoms in total. The van der Waals surface area contributed by atoms with Gasteiger partial charge in [0.25, 0.3) is 5.91 Å². The predicted octanol–water partition coefficient (Wildman–Crippen LogP) is 3.20. The van der Waals surface area contributed by atoms with Gasteiger partial charge in [-0.1, -0.05) is 62.4 Å². The zero-order valence-corrected chi connectivity index (χ0v) is 17.9. The third-order valence-corrected chi connectivity index (χ3v) is 5.74. The molecule has 0 heterocycles. The number of hydrazine groups is 1. The van der Waals surface area contributed by atoms with Gasteiger partial charge in [-0.05, 0) is 44.6 Å². The maximum atomic E-state index is 12.7. The van der Waals surface area contributed by atoms with Gasteiger partial charge in [-0.3, -0.25) is 19.9 Å². The van der Waals surface area contributed by atoms with Crippen molar-refractivity contribution in [2.45, 2.75) is 77.3 Å². The van der Waals surface area contributed by atoms with E-state index in [-0.39, 0.29) is 11.9 Å². The summed E-state index contributed by atoms with van der Waals surface area (Å²) in [7, 11) is 0. The van der Waals surface area contributed by atoms with Gasteiger partial charge in [0.15, 0.2) is 0 Å². The number of amides is 1. The van der Waals surface area contributed by atoms with Gasteiger partial charge in [0.05, 0.1) is 12.6 Å². The van der Waals surface area contributed by atoms with Crippen LogP contribution in [0.15, 0.2) is 30.3 Å². The number of carbonyl (C=O) groups excluding carboxylic acids is 2. The Kier molecular flexibility index (Phi) is 10.2. The van der Waals surface area contributed by atoms with Crippen LogP contribution in [0.4, 0.5) is 0 Å². The second kappa shape index (κ2) is 12.6. The number of benzene rings is 1. The summed E-state index contributed by atoms with van der Waals surface area (Å²) < 4.78 is 5.20. The van der Waals surface area contributed by atoms with E-state index >= 15 is 0 Å². The molecule has 1 aliphatic carbocycles. The van der Waals surface area contributed by atoms with Crippen LogP contribution in [0.25, 0.3) is 0 Å². The Hall–Kier alpha value is -1.92. The summed E-state index contributed by atoms with van der Waals surface area (Å²) in [5.41, 5.74) is 1.15. The van der Waals surface area contributed by atoms with Crippen LogP contribution < -0.4 is 11.2 Å². The third kappa shape index (κ3) is 8.15. The highest BCUT2D eigenvalue weighted by Gasteiger charge is 2.27. The molecule has 3 N–H and O–H groups in total. The number of nitrogens with two attached hydrogens (primary N) is 1. The number of nitrogens with one attached hydrogen (secondary N) is 1. The molecule has 1 aromatic rings. The van der Waals surface area contributed by atoms with Gasteiger partial charge < -0.3 is 4.74 Å². The third-order valence-electron chi connectivity index (χ3n) is 5.74. The fourth-order valence-corrected chi connectivity index (χ4v) is 4.00. The molecule has 0 radical (unpaired) electrons. The molecule has 0 aromatic heterocycles. The molecule has 1 aromatic carbocycles. The van der Waals surface area contributed by atoms with E-state index in [4.69, 9.17) is 10.6 Å². The lowest BCUT2D eigenvalue weighted by Crippen LogP contribution is -2.53. The summed E-state index contributed by atoms with van der Waals surface area (Å²) in [6.45, 7) is 4.42. The molecule has 2 unspecified atom stereocenters. The summed E-state index contributed by atoms with van der Waals surface area (Å²) in [5.74, 6) is 6.20. The van der Waals surface area contributed by atoms with E-state index in [9.17, 15) is 9.59 Å². The van der Waals surface area contributed by atoms with Crippen molar-refractivity contribution in [2.24, 2.45) is 11.8 Å². The zero-order chi connectivity index (χ0) is 21.1. The molecule has 162 valence electrons. The Bertz CT molecular complexity index is 617. The standard InChI is InChI=1S/C23H37N3O3/c1-3-29-23(28)21(15-14-19-10-6-4-7-11-19)25-18(2)22(27)26(24)17-16-20-12-8-5-9-13-20/h4,6-7,10-11,18,20-21,25H,3,5,8-9,12-17,24H2,1-2H3. The Labute approximate surface area is 175 Å². The first-order valence-electron chi connectivity index (χ1n) is 11.0. The largest absolute Gasteiger partial charge is 0.465 e. The second-order valence-electron chi connectivity index (χ2n) is 8.04. The number of hydrogen-bond acceptors (Lipinski definition) is 5. The molecule has 0 spiro atoms. The molecule has 0 bridgehead atoms. The zero-order valence-electron chi connectivity index (χ0n) is 17.9. The maximum absolute atomic E-state index is 12.7. The summed E-state index contributed by atoms with van der Waals surface area (Å²) in [6, 6.07) is 8.90. The Balaban J connectivity index is 1.86. The van der Waals surface area contributed by atoms with Crippen molar-refractivity contribution >= 4 is 11.9 Å². The lowest BCUT2D eigenvalue weighted by molar-refractivity contribution is -0.146. The van der Waals surface area contributed by atoms with Crippen LogP contribution in [0.3, 0.4) is 0 Å². The van der Waals surface area contributed by atoms with Crippen molar-refractivity contribution in [1.29, 1.82) is 0 Å². The van der Waals surface area contributed by atoms with E-state index in [1.54, 1.807) is 13.8 Å². The summed E-state index contributed by atoms with van der Waals surface area (Å²) in [4.78, 5) is 25.1. The highest BCUT2D eigenvalue weighted by molar-refractivity contribution is 5.82. The highest BCUT2D eigenvalue weighted by atomic mass is 16.5. The molecular weight excluding hydrogens is 366 g/mol. The Morgan fingerprint density at radius 1 is 1.21 bits per heavy atom. The average molecular weight is 404 g/mol. The van der Waals surface area contributed by atoms with E-state index in [2.05, 4.69) is 5.32 Å². The minimum atomic E-state index is -0.545. The van der Waals surface area contributed by atoms with Crippen molar-refractivity contribution < 1.29 is 14.3 Å². The van der Waals surface area contributed by atoms with Crippen LogP contribution in [0, 0.1) is 5.92 Å². The van der Waals surface area contributed by atoms with Gasteiger partial charge in [0, 0.05) is 6.54 Å². The fourth-order valence-electron chi connectivity index (χ4n) is 4.00. The first-order valence-corrected chi connectivity index (χ1v) is 11.0. The SMILES string of the molecule is CCOC(=O)C(CCc1ccccc1)NC(C)C(=O)N(N)CCC1CCCCC1. The molecule has 0 saturated heterocycles. The van der Waals surface area contributed by atoms with Crippen LogP contribution in [0.5, 0.6) is 0 Å². The molecule has 0 aliphatic heterocycles. The van der Waals surface area contributed by atoms with Crippen LogP contribution in [0.2, 0.25) is 0 Å². The van der Waals surface area contributed by atoms with Gasteiger partial charge in [0.1, 0.15) is 6.04 Å². The van der Waals surface area contributed by atoms with Crippen LogP contribution in [0.1, 0.15) is 64.4 Å². The van der Waals surface area contributed by atoms with Crippen molar-refractivity contribution in [1.82, 2.24) is 10.3 Å². The van der Waals surface area contributed by atoms with Gasteiger partial charge in [-0.2, -0.15) is 0 Å². The van der Waals surface area contributed by atoms with Crippen molar-refractivity contribution in [3.05, 3.63) is 35.9 Å². The molecular formula is C23H37N3O3. The average Bonchev–Trinajstić information content (AvgIpc) is 2.75. The number of aryl methyl sites for hydroxylation is 1. The summed E-state index contributed by atoms with van der Waals surface area (Å²) >= 11 is 0. The highest BCUT2D eigenvalue weighted by Crippen LogP contribution is 2.26. The number of rotatable bonds is 11. The van der Waals surface area contributed by atoms with E-state index in [1.807, 2.05) is 30.3 Å². The van der Waals surface area contributed by atoms with Gasteiger partial charge in [0.2, 0.25) is 0 Å². The first-order chi connectivity index (χ1) is 14.0. The number of nitrogens with zero attached hydrogens (tertiary/aromatic N) is 1. The number of hydrogen-bond donors (Lipinski definition) is 2. The van der Waals surface area contributed by atoms with Gasteiger partial charge in [-0.25, -0.2) is 5.84 Å². The molecule has 6 heteroatoms. The molecule has 2 rings (SSSR count). The van der Waals surface area contributed by atoms with Crippen molar-refractivity contribution in [2.75, 3.05) is 13.2 Å². The number of ether oxygens (including phenoxy) is 1. The quantitative estimate of drug-likeness (QED) is 0.256. The maximum Gasteiger partial charge on any atom is 0.323 e. The van der Waals surface area contributed by atoms with Crippen LogP contribution >= 0.6 is 0 Å². The monoisotopic (exact) mass is 403 g/mol. The molecule has 1 aliphatic rings. The lowest BCUT2D eigenvalue weighted by Gasteiger charge is -2.27.